The minimum absolute atomic E-state index is 0.472. The first kappa shape index (κ1) is 15.1. The Kier molecular flexibility index (Phi) is 6.43. The fraction of sp³-hybridized carbons (Fsp3) is 0.889. The highest BCUT2D eigenvalue weighted by Crippen LogP contribution is 2.36. The minimum atomic E-state index is 0.472. The van der Waals surface area contributed by atoms with Gasteiger partial charge in [-0.15, -0.1) is 6.58 Å². The van der Waals surface area contributed by atoms with E-state index in [-0.39, 0.29) is 0 Å². The maximum absolute atomic E-state index is 4.06. The van der Waals surface area contributed by atoms with E-state index in [1.807, 2.05) is 0 Å². The second kappa shape index (κ2) is 8.09. The highest BCUT2D eigenvalue weighted by Gasteiger charge is 2.34. The summed E-state index contributed by atoms with van der Waals surface area (Å²) in [5.74, 6) is 0. The molecule has 0 aromatic carbocycles. The standard InChI is InChI=1S/C18H33N/c1-2-13-18(14-9-5-3-6-10-15-18)19-16-11-7-4-8-12-17-19/h2H,1,3-17H2. The summed E-state index contributed by atoms with van der Waals surface area (Å²) in [4.78, 5) is 2.87. The molecule has 2 rings (SSSR count). The average molecular weight is 263 g/mol. The van der Waals surface area contributed by atoms with Gasteiger partial charge < -0.3 is 0 Å². The normalized spacial score (nSPS) is 26.7. The van der Waals surface area contributed by atoms with Gasteiger partial charge in [0.15, 0.2) is 0 Å². The van der Waals surface area contributed by atoms with Gasteiger partial charge in [0, 0.05) is 5.54 Å². The van der Waals surface area contributed by atoms with Crippen LogP contribution in [0, 0.1) is 0 Å². The van der Waals surface area contributed by atoms with Crippen LogP contribution < -0.4 is 0 Å². The van der Waals surface area contributed by atoms with Crippen molar-refractivity contribution in [3.63, 3.8) is 0 Å². The third-order valence-electron chi connectivity index (χ3n) is 5.34. The number of rotatable bonds is 3. The van der Waals surface area contributed by atoms with Crippen molar-refractivity contribution < 1.29 is 0 Å². The lowest BCUT2D eigenvalue weighted by molar-refractivity contribution is 0.0539. The molecule has 0 amide bonds. The van der Waals surface area contributed by atoms with Crippen LogP contribution in [0.4, 0.5) is 0 Å². The van der Waals surface area contributed by atoms with Crippen LogP contribution in [-0.4, -0.2) is 23.5 Å². The Morgan fingerprint density at radius 1 is 0.737 bits per heavy atom. The monoisotopic (exact) mass is 263 g/mol. The van der Waals surface area contributed by atoms with Gasteiger partial charge in [-0.3, -0.25) is 4.90 Å². The number of likely N-dealkylation sites (tertiary alicyclic amines) is 1. The maximum Gasteiger partial charge on any atom is 0.0243 e. The Hall–Kier alpha value is -0.300. The summed E-state index contributed by atoms with van der Waals surface area (Å²) in [6.45, 7) is 6.75. The lowest BCUT2D eigenvalue weighted by Gasteiger charge is -2.46. The molecule has 0 bridgehead atoms. The molecule has 1 aliphatic carbocycles. The first-order valence-corrected chi connectivity index (χ1v) is 8.73. The maximum atomic E-state index is 4.06. The molecule has 1 saturated heterocycles. The first-order valence-electron chi connectivity index (χ1n) is 8.73. The van der Waals surface area contributed by atoms with E-state index in [1.165, 1.54) is 96.6 Å². The van der Waals surface area contributed by atoms with Gasteiger partial charge in [-0.25, -0.2) is 0 Å². The van der Waals surface area contributed by atoms with Crippen molar-refractivity contribution in [1.29, 1.82) is 0 Å². The van der Waals surface area contributed by atoms with Gasteiger partial charge in [-0.1, -0.05) is 57.4 Å². The summed E-state index contributed by atoms with van der Waals surface area (Å²) in [5.41, 5.74) is 0.472. The molecule has 19 heavy (non-hydrogen) atoms. The van der Waals surface area contributed by atoms with Crippen molar-refractivity contribution in [2.24, 2.45) is 0 Å². The van der Waals surface area contributed by atoms with Gasteiger partial charge in [-0.2, -0.15) is 0 Å². The van der Waals surface area contributed by atoms with Gasteiger partial charge in [0.25, 0.3) is 0 Å². The van der Waals surface area contributed by atoms with Crippen LogP contribution in [0.2, 0.25) is 0 Å². The van der Waals surface area contributed by atoms with E-state index in [0.29, 0.717) is 5.54 Å². The highest BCUT2D eigenvalue weighted by atomic mass is 15.2. The van der Waals surface area contributed by atoms with Crippen molar-refractivity contribution in [3.05, 3.63) is 12.7 Å². The molecule has 2 fully saturated rings. The minimum Gasteiger partial charge on any atom is -0.297 e. The molecule has 0 atom stereocenters. The molecule has 1 saturated carbocycles. The third kappa shape index (κ3) is 4.34. The Bertz CT molecular complexity index is 242. The highest BCUT2D eigenvalue weighted by molar-refractivity contribution is 4.96. The second-order valence-corrected chi connectivity index (χ2v) is 6.74. The average Bonchev–Trinajstić information content (AvgIpc) is 2.33. The Balaban J connectivity index is 2.06. The van der Waals surface area contributed by atoms with Crippen LogP contribution in [0.5, 0.6) is 0 Å². The van der Waals surface area contributed by atoms with Crippen LogP contribution in [-0.2, 0) is 0 Å². The molecule has 0 radical (unpaired) electrons. The quantitative estimate of drug-likeness (QED) is 0.624. The van der Waals surface area contributed by atoms with E-state index < -0.39 is 0 Å². The van der Waals surface area contributed by atoms with Crippen LogP contribution in [0.15, 0.2) is 12.7 Å². The summed E-state index contributed by atoms with van der Waals surface area (Å²) in [6, 6.07) is 0. The van der Waals surface area contributed by atoms with E-state index in [2.05, 4.69) is 17.6 Å². The molecule has 0 aromatic rings. The molecule has 110 valence electrons. The van der Waals surface area contributed by atoms with Crippen LogP contribution in [0.3, 0.4) is 0 Å². The molecule has 0 aromatic heterocycles. The van der Waals surface area contributed by atoms with Gasteiger partial charge in [-0.05, 0) is 45.2 Å². The molecule has 2 aliphatic rings. The van der Waals surface area contributed by atoms with Crippen molar-refractivity contribution in [2.45, 2.75) is 89.0 Å². The van der Waals surface area contributed by atoms with Crippen molar-refractivity contribution in [2.75, 3.05) is 13.1 Å². The molecule has 1 aliphatic heterocycles. The van der Waals surface area contributed by atoms with Crippen molar-refractivity contribution in [1.82, 2.24) is 4.90 Å². The van der Waals surface area contributed by atoms with E-state index in [0.717, 1.165) is 0 Å². The fourth-order valence-electron chi connectivity index (χ4n) is 4.20. The second-order valence-electron chi connectivity index (χ2n) is 6.74. The molecule has 0 spiro atoms. The van der Waals surface area contributed by atoms with Gasteiger partial charge in [0.2, 0.25) is 0 Å². The molecular formula is C18H33N. The molecule has 1 heteroatoms. The Morgan fingerprint density at radius 3 is 1.74 bits per heavy atom. The summed E-state index contributed by atoms with van der Waals surface area (Å²) in [6.07, 6.45) is 20.7. The lowest BCUT2D eigenvalue weighted by atomic mass is 9.79. The van der Waals surface area contributed by atoms with E-state index in [4.69, 9.17) is 0 Å². The molecule has 1 nitrogen and oxygen atoms in total. The molecular weight excluding hydrogens is 230 g/mol. The predicted octanol–water partition coefficient (Wildman–Crippen LogP) is 5.31. The van der Waals surface area contributed by atoms with Crippen molar-refractivity contribution >= 4 is 0 Å². The molecule has 0 unspecified atom stereocenters. The SMILES string of the molecule is C=CCC1(N2CCCCCCC2)CCCCCCC1. The van der Waals surface area contributed by atoms with E-state index in [1.54, 1.807) is 0 Å². The Labute approximate surface area is 120 Å². The predicted molar refractivity (Wildman–Crippen MR) is 84.5 cm³/mol. The van der Waals surface area contributed by atoms with Crippen LogP contribution >= 0.6 is 0 Å². The zero-order chi connectivity index (χ0) is 13.4. The zero-order valence-electron chi connectivity index (χ0n) is 12.8. The number of nitrogens with zero attached hydrogens (tertiary/aromatic N) is 1. The topological polar surface area (TPSA) is 3.24 Å². The fourth-order valence-corrected chi connectivity index (χ4v) is 4.20. The van der Waals surface area contributed by atoms with Gasteiger partial charge in [0.1, 0.15) is 0 Å². The molecule has 1 heterocycles. The van der Waals surface area contributed by atoms with Crippen molar-refractivity contribution in [3.8, 4) is 0 Å². The molecule has 0 N–H and O–H groups in total. The summed E-state index contributed by atoms with van der Waals surface area (Å²) >= 11 is 0. The Morgan fingerprint density at radius 2 is 1.21 bits per heavy atom. The summed E-state index contributed by atoms with van der Waals surface area (Å²) in [7, 11) is 0. The van der Waals surface area contributed by atoms with E-state index >= 15 is 0 Å². The van der Waals surface area contributed by atoms with E-state index in [9.17, 15) is 0 Å². The smallest absolute Gasteiger partial charge is 0.0243 e. The summed E-state index contributed by atoms with van der Waals surface area (Å²) < 4.78 is 0. The first-order chi connectivity index (χ1) is 9.37. The lowest BCUT2D eigenvalue weighted by Crippen LogP contribution is -2.50. The van der Waals surface area contributed by atoms with Crippen LogP contribution in [0.1, 0.15) is 83.5 Å². The van der Waals surface area contributed by atoms with Gasteiger partial charge in [0.05, 0.1) is 0 Å². The largest absolute Gasteiger partial charge is 0.297 e. The zero-order valence-corrected chi connectivity index (χ0v) is 12.8. The number of hydrogen-bond donors (Lipinski definition) is 0. The van der Waals surface area contributed by atoms with Gasteiger partial charge >= 0.3 is 0 Å². The summed E-state index contributed by atoms with van der Waals surface area (Å²) in [5, 5.41) is 0. The number of hydrogen-bond acceptors (Lipinski definition) is 1. The van der Waals surface area contributed by atoms with Crippen LogP contribution in [0.25, 0.3) is 0 Å². The third-order valence-corrected chi connectivity index (χ3v) is 5.34.